The minimum absolute atomic E-state index is 0.133. The van der Waals surface area contributed by atoms with Crippen molar-refractivity contribution >= 4 is 40.7 Å². The predicted molar refractivity (Wildman–Crippen MR) is 91.1 cm³/mol. The molecule has 2 aromatic heterocycles. The zero-order valence-electron chi connectivity index (χ0n) is 12.6. The van der Waals surface area contributed by atoms with Crippen LogP contribution in [0.4, 0.5) is 5.69 Å². The van der Waals surface area contributed by atoms with Crippen LogP contribution < -0.4 is 5.32 Å². The van der Waals surface area contributed by atoms with Gasteiger partial charge in [-0.3, -0.25) is 9.20 Å². The zero-order valence-corrected chi connectivity index (χ0v) is 14.1. The standard InChI is InChI=1S/C15H14ClN5OS/c1-9-6-10(2)21-14(17-9)19-20-15(21)23-8-13(22)18-12-5-3-4-11(16)7-12/h3-7H,8H2,1-2H3,(H,18,22). The number of carbonyl (C=O) groups excluding carboxylic acids is 1. The lowest BCUT2D eigenvalue weighted by Crippen LogP contribution is -2.14. The number of aryl methyl sites for hydroxylation is 2. The van der Waals surface area contributed by atoms with Gasteiger partial charge in [0.2, 0.25) is 5.91 Å². The Morgan fingerprint density at radius 3 is 2.91 bits per heavy atom. The van der Waals surface area contributed by atoms with Gasteiger partial charge in [0, 0.05) is 22.1 Å². The summed E-state index contributed by atoms with van der Waals surface area (Å²) in [5, 5.41) is 12.2. The Morgan fingerprint density at radius 2 is 2.13 bits per heavy atom. The van der Waals surface area contributed by atoms with Crippen molar-refractivity contribution in [1.29, 1.82) is 0 Å². The number of fused-ring (bicyclic) bond motifs is 1. The van der Waals surface area contributed by atoms with E-state index in [1.807, 2.05) is 24.3 Å². The third-order valence-corrected chi connectivity index (χ3v) is 4.27. The lowest BCUT2D eigenvalue weighted by molar-refractivity contribution is -0.113. The number of anilines is 1. The number of carbonyl (C=O) groups is 1. The average molecular weight is 348 g/mol. The summed E-state index contributed by atoms with van der Waals surface area (Å²) in [6, 6.07) is 8.98. The molecule has 8 heteroatoms. The maximum absolute atomic E-state index is 12.0. The summed E-state index contributed by atoms with van der Waals surface area (Å²) in [4.78, 5) is 16.4. The molecule has 1 N–H and O–H groups in total. The quantitative estimate of drug-likeness (QED) is 0.734. The van der Waals surface area contributed by atoms with Crippen LogP contribution in [0.3, 0.4) is 0 Å². The van der Waals surface area contributed by atoms with Crippen molar-refractivity contribution in [2.45, 2.75) is 19.0 Å². The smallest absolute Gasteiger partial charge is 0.256 e. The van der Waals surface area contributed by atoms with Crippen LogP contribution in [0.15, 0.2) is 35.5 Å². The third kappa shape index (κ3) is 3.62. The maximum atomic E-state index is 12.0. The Morgan fingerprint density at radius 1 is 1.30 bits per heavy atom. The molecule has 0 aliphatic heterocycles. The minimum Gasteiger partial charge on any atom is -0.325 e. The number of nitrogens with one attached hydrogen (secondary N) is 1. The van der Waals surface area contributed by atoms with Crippen LogP contribution in [0.25, 0.3) is 5.78 Å². The monoisotopic (exact) mass is 347 g/mol. The van der Waals surface area contributed by atoms with E-state index in [-0.39, 0.29) is 11.7 Å². The highest BCUT2D eigenvalue weighted by Gasteiger charge is 2.12. The van der Waals surface area contributed by atoms with Crippen molar-refractivity contribution in [1.82, 2.24) is 19.6 Å². The summed E-state index contributed by atoms with van der Waals surface area (Å²) < 4.78 is 1.84. The molecule has 0 aliphatic rings. The zero-order chi connectivity index (χ0) is 16.4. The van der Waals surface area contributed by atoms with Crippen molar-refractivity contribution in [2.75, 3.05) is 11.1 Å². The van der Waals surface area contributed by atoms with Gasteiger partial charge in [-0.15, -0.1) is 10.2 Å². The van der Waals surface area contributed by atoms with E-state index in [1.54, 1.807) is 24.3 Å². The lowest BCUT2D eigenvalue weighted by atomic mass is 10.3. The van der Waals surface area contributed by atoms with Crippen LogP contribution in [-0.2, 0) is 4.79 Å². The van der Waals surface area contributed by atoms with Crippen LogP contribution in [0, 0.1) is 13.8 Å². The van der Waals surface area contributed by atoms with E-state index < -0.39 is 0 Å². The second-order valence-corrected chi connectivity index (χ2v) is 6.38. The summed E-state index contributed by atoms with van der Waals surface area (Å²) >= 11 is 7.21. The molecule has 1 aromatic carbocycles. The molecule has 1 amide bonds. The van der Waals surface area contributed by atoms with Crippen LogP contribution in [0.1, 0.15) is 11.4 Å². The molecule has 0 bridgehead atoms. The molecule has 6 nitrogen and oxygen atoms in total. The van der Waals surface area contributed by atoms with Gasteiger partial charge < -0.3 is 5.32 Å². The Labute approximate surface area is 142 Å². The van der Waals surface area contributed by atoms with Crippen LogP contribution in [0.2, 0.25) is 5.02 Å². The van der Waals surface area contributed by atoms with Crippen LogP contribution >= 0.6 is 23.4 Å². The Kier molecular flexibility index (Phi) is 4.49. The molecule has 118 valence electrons. The van der Waals surface area contributed by atoms with Gasteiger partial charge >= 0.3 is 0 Å². The molecule has 0 fully saturated rings. The average Bonchev–Trinajstić information content (AvgIpc) is 2.88. The number of benzene rings is 1. The fraction of sp³-hybridized carbons (Fsp3) is 0.200. The van der Waals surface area contributed by atoms with Gasteiger partial charge in [0.15, 0.2) is 5.16 Å². The van der Waals surface area contributed by atoms with Crippen molar-refractivity contribution in [2.24, 2.45) is 0 Å². The fourth-order valence-electron chi connectivity index (χ4n) is 2.19. The number of aromatic nitrogens is 4. The number of thioether (sulfide) groups is 1. The molecular weight excluding hydrogens is 334 g/mol. The summed E-state index contributed by atoms with van der Waals surface area (Å²) in [5.74, 6) is 0.632. The number of hydrogen-bond donors (Lipinski definition) is 1. The third-order valence-electron chi connectivity index (χ3n) is 3.10. The highest BCUT2D eigenvalue weighted by Crippen LogP contribution is 2.20. The number of amides is 1. The lowest BCUT2D eigenvalue weighted by Gasteiger charge is -2.06. The van der Waals surface area contributed by atoms with Gasteiger partial charge in [-0.25, -0.2) is 4.98 Å². The van der Waals surface area contributed by atoms with Gasteiger partial charge in [0.05, 0.1) is 5.75 Å². The van der Waals surface area contributed by atoms with Crippen LogP contribution in [0.5, 0.6) is 0 Å². The predicted octanol–water partition coefficient (Wildman–Crippen LogP) is 3.13. The first-order valence-corrected chi connectivity index (χ1v) is 8.27. The summed E-state index contributed by atoms with van der Waals surface area (Å²) in [6.07, 6.45) is 0. The molecule has 3 rings (SSSR count). The molecule has 0 aliphatic carbocycles. The van der Waals surface area contributed by atoms with E-state index in [1.165, 1.54) is 11.8 Å². The van der Waals surface area contributed by atoms with Crippen LogP contribution in [-0.4, -0.2) is 31.2 Å². The highest BCUT2D eigenvalue weighted by atomic mass is 35.5. The van der Waals surface area contributed by atoms with E-state index in [0.717, 1.165) is 11.4 Å². The number of hydrogen-bond acceptors (Lipinski definition) is 5. The molecule has 0 spiro atoms. The Hall–Kier alpha value is -2.12. The summed E-state index contributed by atoms with van der Waals surface area (Å²) in [6.45, 7) is 3.87. The van der Waals surface area contributed by atoms with Gasteiger partial charge in [-0.2, -0.15) is 0 Å². The molecule has 0 radical (unpaired) electrons. The molecule has 0 atom stereocenters. The molecule has 3 aromatic rings. The first-order valence-electron chi connectivity index (χ1n) is 6.90. The minimum atomic E-state index is -0.133. The second kappa shape index (κ2) is 6.55. The summed E-state index contributed by atoms with van der Waals surface area (Å²) in [7, 11) is 0. The van der Waals surface area contributed by atoms with E-state index in [2.05, 4.69) is 20.5 Å². The van der Waals surface area contributed by atoms with Gasteiger partial charge in [-0.1, -0.05) is 29.4 Å². The summed E-state index contributed by atoms with van der Waals surface area (Å²) in [5.41, 5.74) is 2.54. The van der Waals surface area contributed by atoms with E-state index in [9.17, 15) is 4.79 Å². The fourth-order valence-corrected chi connectivity index (χ4v) is 3.16. The van der Waals surface area contributed by atoms with Crippen molar-refractivity contribution in [3.63, 3.8) is 0 Å². The molecule has 0 saturated heterocycles. The first-order chi connectivity index (χ1) is 11.0. The van der Waals surface area contributed by atoms with Crippen molar-refractivity contribution < 1.29 is 4.79 Å². The van der Waals surface area contributed by atoms with Gasteiger partial charge in [-0.05, 0) is 38.1 Å². The largest absolute Gasteiger partial charge is 0.325 e. The molecule has 23 heavy (non-hydrogen) atoms. The second-order valence-electron chi connectivity index (χ2n) is 5.00. The molecule has 0 saturated carbocycles. The first kappa shape index (κ1) is 15.8. The normalized spacial score (nSPS) is 10.9. The number of halogens is 1. The molecule has 0 unspecified atom stereocenters. The van der Waals surface area contributed by atoms with E-state index >= 15 is 0 Å². The van der Waals surface area contributed by atoms with E-state index in [0.29, 0.717) is 21.6 Å². The Bertz CT molecular complexity index is 879. The van der Waals surface area contributed by atoms with Crippen molar-refractivity contribution in [3.05, 3.63) is 46.7 Å². The maximum Gasteiger partial charge on any atom is 0.256 e. The number of nitrogens with zero attached hydrogens (tertiary/aromatic N) is 4. The Balaban J connectivity index is 1.70. The van der Waals surface area contributed by atoms with Gasteiger partial charge in [0.25, 0.3) is 5.78 Å². The molecular formula is C15H14ClN5OS. The SMILES string of the molecule is Cc1cc(C)n2c(SCC(=O)Nc3cccc(Cl)c3)nnc2n1. The number of rotatable bonds is 4. The van der Waals surface area contributed by atoms with Gasteiger partial charge in [0.1, 0.15) is 0 Å². The van der Waals surface area contributed by atoms with E-state index in [4.69, 9.17) is 11.6 Å². The van der Waals surface area contributed by atoms with Crippen molar-refractivity contribution in [3.8, 4) is 0 Å². The highest BCUT2D eigenvalue weighted by molar-refractivity contribution is 7.99. The topological polar surface area (TPSA) is 72.2 Å². The molecule has 2 heterocycles.